The van der Waals surface area contributed by atoms with E-state index in [1.165, 1.54) is 12.0 Å². The third-order valence-corrected chi connectivity index (χ3v) is 5.25. The molecule has 2 fully saturated rings. The molecular formula is C19H24N2O3. The maximum Gasteiger partial charge on any atom is 0.340 e. The van der Waals surface area contributed by atoms with Crippen LogP contribution in [0.2, 0.25) is 0 Å². The van der Waals surface area contributed by atoms with Crippen molar-refractivity contribution >= 4 is 11.9 Å². The summed E-state index contributed by atoms with van der Waals surface area (Å²) in [6, 6.07) is 8.22. The van der Waals surface area contributed by atoms with Crippen molar-refractivity contribution in [1.29, 1.82) is 0 Å². The molecular weight excluding hydrogens is 304 g/mol. The Bertz CT molecular complexity index is 644. The van der Waals surface area contributed by atoms with Gasteiger partial charge in [-0.15, -0.1) is 0 Å². The van der Waals surface area contributed by atoms with E-state index in [4.69, 9.17) is 14.5 Å². The fourth-order valence-corrected chi connectivity index (χ4v) is 3.84. The molecule has 2 aliphatic heterocycles. The van der Waals surface area contributed by atoms with E-state index >= 15 is 0 Å². The van der Waals surface area contributed by atoms with Crippen LogP contribution in [0.1, 0.15) is 43.2 Å². The number of hydrogen-bond donors (Lipinski definition) is 0. The smallest absolute Gasteiger partial charge is 0.340 e. The third kappa shape index (κ3) is 3.10. The third-order valence-electron chi connectivity index (χ3n) is 5.25. The molecule has 0 unspecified atom stereocenters. The number of carbonyl (C=O) groups excluding carboxylic acids is 1. The zero-order chi connectivity index (χ0) is 16.4. The van der Waals surface area contributed by atoms with Gasteiger partial charge in [0, 0.05) is 25.2 Å². The summed E-state index contributed by atoms with van der Waals surface area (Å²) in [7, 11) is 0. The van der Waals surface area contributed by atoms with Gasteiger partial charge in [-0.05, 0) is 30.5 Å². The number of cyclic esters (lactones) is 1. The number of rotatable bonds is 3. The van der Waals surface area contributed by atoms with Crippen LogP contribution in [0.5, 0.6) is 0 Å². The molecule has 5 nitrogen and oxygen atoms in total. The van der Waals surface area contributed by atoms with Crippen LogP contribution in [-0.2, 0) is 20.8 Å². The molecule has 1 aliphatic carbocycles. The summed E-state index contributed by atoms with van der Waals surface area (Å²) in [4.78, 5) is 19.5. The van der Waals surface area contributed by atoms with E-state index in [2.05, 4.69) is 17.0 Å². The van der Waals surface area contributed by atoms with Crippen molar-refractivity contribution in [3.63, 3.8) is 0 Å². The standard InChI is InChI=1S/C19H24N2O3/c22-18-19(7-2-1-3-8-19)20-17(24-18)16-6-4-5-15(13-16)14-21-9-11-23-12-10-21/h4-6,13H,1-3,7-12,14H2. The van der Waals surface area contributed by atoms with Crippen molar-refractivity contribution in [2.75, 3.05) is 26.3 Å². The molecule has 1 spiro atoms. The summed E-state index contributed by atoms with van der Waals surface area (Å²) >= 11 is 0. The predicted molar refractivity (Wildman–Crippen MR) is 91.0 cm³/mol. The van der Waals surface area contributed by atoms with Crippen molar-refractivity contribution < 1.29 is 14.3 Å². The summed E-state index contributed by atoms with van der Waals surface area (Å²) in [5.74, 6) is 0.349. The van der Waals surface area contributed by atoms with Gasteiger partial charge in [-0.3, -0.25) is 4.90 Å². The maximum atomic E-state index is 12.4. The molecule has 0 amide bonds. The number of ether oxygens (including phenoxy) is 2. The van der Waals surface area contributed by atoms with Crippen LogP contribution in [-0.4, -0.2) is 48.6 Å². The van der Waals surface area contributed by atoms with Crippen LogP contribution in [0.25, 0.3) is 0 Å². The van der Waals surface area contributed by atoms with Gasteiger partial charge in [-0.25, -0.2) is 9.79 Å². The lowest BCUT2D eigenvalue weighted by atomic mass is 9.83. The first-order valence-electron chi connectivity index (χ1n) is 8.97. The minimum absolute atomic E-state index is 0.157. The average molecular weight is 328 g/mol. The molecule has 0 N–H and O–H groups in total. The Kier molecular flexibility index (Phi) is 4.37. The molecule has 24 heavy (non-hydrogen) atoms. The molecule has 4 rings (SSSR count). The molecule has 3 aliphatic rings. The number of aliphatic imine (C=N–C) groups is 1. The normalized spacial score (nSPS) is 24.0. The van der Waals surface area contributed by atoms with Crippen molar-refractivity contribution in [2.45, 2.75) is 44.2 Å². The van der Waals surface area contributed by atoms with Gasteiger partial charge in [0.15, 0.2) is 5.54 Å². The molecule has 1 saturated heterocycles. The van der Waals surface area contributed by atoms with Gasteiger partial charge in [0.05, 0.1) is 13.2 Å². The van der Waals surface area contributed by atoms with Gasteiger partial charge in [0.2, 0.25) is 5.90 Å². The van der Waals surface area contributed by atoms with Crippen LogP contribution in [0.4, 0.5) is 0 Å². The average Bonchev–Trinajstić information content (AvgIpc) is 2.93. The lowest BCUT2D eigenvalue weighted by Gasteiger charge is -2.26. The van der Waals surface area contributed by atoms with E-state index in [0.29, 0.717) is 5.90 Å². The molecule has 5 heteroatoms. The van der Waals surface area contributed by atoms with E-state index < -0.39 is 5.54 Å². The predicted octanol–water partition coefficient (Wildman–Crippen LogP) is 2.53. The Labute approximate surface area is 142 Å². The van der Waals surface area contributed by atoms with Gasteiger partial charge >= 0.3 is 5.97 Å². The Balaban J connectivity index is 1.53. The highest BCUT2D eigenvalue weighted by Crippen LogP contribution is 2.37. The summed E-state index contributed by atoms with van der Waals surface area (Å²) in [5.41, 5.74) is 1.53. The molecule has 1 aromatic rings. The second kappa shape index (κ2) is 6.65. The molecule has 1 saturated carbocycles. The second-order valence-electron chi connectivity index (χ2n) is 6.99. The van der Waals surface area contributed by atoms with E-state index in [0.717, 1.165) is 64.1 Å². The molecule has 2 heterocycles. The van der Waals surface area contributed by atoms with Crippen LogP contribution in [0.15, 0.2) is 29.3 Å². The Morgan fingerprint density at radius 2 is 1.92 bits per heavy atom. The number of morpholine rings is 1. The van der Waals surface area contributed by atoms with Crippen molar-refractivity contribution in [3.8, 4) is 0 Å². The Morgan fingerprint density at radius 3 is 2.71 bits per heavy atom. The van der Waals surface area contributed by atoms with Gasteiger partial charge < -0.3 is 9.47 Å². The highest BCUT2D eigenvalue weighted by molar-refractivity contribution is 6.08. The fourth-order valence-electron chi connectivity index (χ4n) is 3.84. The topological polar surface area (TPSA) is 51.1 Å². The van der Waals surface area contributed by atoms with Crippen molar-refractivity contribution in [3.05, 3.63) is 35.4 Å². The fraction of sp³-hybridized carbons (Fsp3) is 0.579. The Hall–Kier alpha value is -1.72. The number of carbonyl (C=O) groups is 1. The molecule has 0 aromatic heterocycles. The van der Waals surface area contributed by atoms with E-state index in [-0.39, 0.29) is 5.97 Å². The molecule has 128 valence electrons. The monoisotopic (exact) mass is 328 g/mol. The van der Waals surface area contributed by atoms with Gasteiger partial charge in [-0.1, -0.05) is 31.4 Å². The lowest BCUT2D eigenvalue weighted by molar-refractivity contribution is -0.140. The highest BCUT2D eigenvalue weighted by atomic mass is 16.6. The zero-order valence-corrected chi connectivity index (χ0v) is 14.0. The van der Waals surface area contributed by atoms with E-state index in [1.807, 2.05) is 12.1 Å². The van der Waals surface area contributed by atoms with Crippen molar-refractivity contribution in [1.82, 2.24) is 4.90 Å². The molecule has 0 radical (unpaired) electrons. The van der Waals surface area contributed by atoms with Gasteiger partial charge in [0.1, 0.15) is 0 Å². The number of nitrogens with zero attached hydrogens (tertiary/aromatic N) is 2. The quantitative estimate of drug-likeness (QED) is 0.800. The SMILES string of the molecule is O=C1OC(c2cccc(CN3CCOCC3)c2)=NC12CCCCC2. The number of hydrogen-bond acceptors (Lipinski definition) is 5. The largest absolute Gasteiger partial charge is 0.405 e. The summed E-state index contributed by atoms with van der Waals surface area (Å²) in [5, 5.41) is 0. The first kappa shape index (κ1) is 15.8. The summed E-state index contributed by atoms with van der Waals surface area (Å²) in [6.45, 7) is 4.41. The molecule has 0 atom stereocenters. The van der Waals surface area contributed by atoms with Crippen molar-refractivity contribution in [2.24, 2.45) is 4.99 Å². The first-order chi connectivity index (χ1) is 11.8. The van der Waals surface area contributed by atoms with E-state index in [1.54, 1.807) is 0 Å². The van der Waals surface area contributed by atoms with Gasteiger partial charge in [0.25, 0.3) is 0 Å². The Morgan fingerprint density at radius 1 is 1.12 bits per heavy atom. The maximum absolute atomic E-state index is 12.4. The highest BCUT2D eigenvalue weighted by Gasteiger charge is 2.46. The minimum atomic E-state index is -0.603. The lowest BCUT2D eigenvalue weighted by Crippen LogP contribution is -2.35. The number of esters is 1. The van der Waals surface area contributed by atoms with Gasteiger partial charge in [-0.2, -0.15) is 0 Å². The summed E-state index contributed by atoms with van der Waals surface area (Å²) < 4.78 is 11.0. The number of benzene rings is 1. The van der Waals surface area contributed by atoms with Crippen LogP contribution in [0, 0.1) is 0 Å². The molecule has 0 bridgehead atoms. The molecule has 1 aromatic carbocycles. The first-order valence-corrected chi connectivity index (χ1v) is 8.97. The second-order valence-corrected chi connectivity index (χ2v) is 6.99. The van der Waals surface area contributed by atoms with Crippen LogP contribution < -0.4 is 0 Å². The van der Waals surface area contributed by atoms with Crippen LogP contribution in [0.3, 0.4) is 0 Å². The minimum Gasteiger partial charge on any atom is -0.405 e. The van der Waals surface area contributed by atoms with Crippen LogP contribution >= 0.6 is 0 Å². The summed E-state index contributed by atoms with van der Waals surface area (Å²) in [6.07, 6.45) is 4.95. The van der Waals surface area contributed by atoms with E-state index in [9.17, 15) is 4.79 Å². The zero-order valence-electron chi connectivity index (χ0n) is 14.0.